The van der Waals surface area contributed by atoms with E-state index in [1.807, 2.05) is 32.0 Å². The maximum absolute atomic E-state index is 9.99. The standard InChI is InChI=1S/C10H10O/c1-8-3-4-10(5-6-11)7-9(8)2/h3-5,7H,1-2H3. The Morgan fingerprint density at radius 2 is 2.00 bits per heavy atom. The highest BCUT2D eigenvalue weighted by Gasteiger charge is 1.91. The second-order valence-electron chi connectivity index (χ2n) is 2.61. The third-order valence-corrected chi connectivity index (χ3v) is 1.76. The highest BCUT2D eigenvalue weighted by molar-refractivity contribution is 5.74. The molecule has 0 N–H and O–H groups in total. The van der Waals surface area contributed by atoms with Crippen LogP contribution in [-0.2, 0) is 4.79 Å². The summed E-state index contributed by atoms with van der Waals surface area (Å²) in [5, 5.41) is 0. The van der Waals surface area contributed by atoms with E-state index in [1.165, 1.54) is 17.2 Å². The Bertz CT molecular complexity index is 307. The van der Waals surface area contributed by atoms with Gasteiger partial charge in [0.25, 0.3) is 0 Å². The zero-order valence-corrected chi connectivity index (χ0v) is 6.72. The van der Waals surface area contributed by atoms with Crippen molar-refractivity contribution in [2.24, 2.45) is 0 Å². The summed E-state index contributed by atoms with van der Waals surface area (Å²) in [6.45, 7) is 4.07. The highest BCUT2D eigenvalue weighted by atomic mass is 16.1. The smallest absolute Gasteiger partial charge is 0.125 e. The SMILES string of the molecule is Cc1ccc(C=C=O)cc1C. The Labute approximate surface area is 66.4 Å². The molecule has 0 saturated carbocycles. The van der Waals surface area contributed by atoms with Crippen LogP contribution in [0.25, 0.3) is 6.08 Å². The van der Waals surface area contributed by atoms with Gasteiger partial charge in [-0.1, -0.05) is 18.2 Å². The Morgan fingerprint density at radius 1 is 1.27 bits per heavy atom. The third-order valence-electron chi connectivity index (χ3n) is 1.76. The Morgan fingerprint density at radius 3 is 2.55 bits per heavy atom. The zero-order valence-electron chi connectivity index (χ0n) is 6.72. The topological polar surface area (TPSA) is 17.1 Å². The van der Waals surface area contributed by atoms with Crippen LogP contribution in [0.3, 0.4) is 0 Å². The summed E-state index contributed by atoms with van der Waals surface area (Å²) in [6.07, 6.45) is 1.44. The van der Waals surface area contributed by atoms with Crippen LogP contribution in [0.5, 0.6) is 0 Å². The van der Waals surface area contributed by atoms with Crippen LogP contribution in [0.1, 0.15) is 16.7 Å². The first kappa shape index (κ1) is 7.77. The molecule has 0 aliphatic rings. The summed E-state index contributed by atoms with van der Waals surface area (Å²) in [5.74, 6) is 1.76. The number of hydrogen-bond acceptors (Lipinski definition) is 1. The first-order valence-corrected chi connectivity index (χ1v) is 3.52. The summed E-state index contributed by atoms with van der Waals surface area (Å²) >= 11 is 0. The van der Waals surface area contributed by atoms with Gasteiger partial charge in [0.1, 0.15) is 5.94 Å². The molecule has 0 bridgehead atoms. The second kappa shape index (κ2) is 3.18. The number of rotatable bonds is 1. The molecule has 0 unspecified atom stereocenters. The van der Waals surface area contributed by atoms with Gasteiger partial charge in [-0.25, -0.2) is 4.79 Å². The average Bonchev–Trinajstić information content (AvgIpc) is 1.98. The zero-order chi connectivity index (χ0) is 8.27. The average molecular weight is 146 g/mol. The molecule has 0 fully saturated rings. The van der Waals surface area contributed by atoms with E-state index in [0.717, 1.165) is 5.56 Å². The van der Waals surface area contributed by atoms with Crippen molar-refractivity contribution in [3.63, 3.8) is 0 Å². The van der Waals surface area contributed by atoms with E-state index in [2.05, 4.69) is 0 Å². The van der Waals surface area contributed by atoms with Crippen LogP contribution in [0.15, 0.2) is 18.2 Å². The lowest BCUT2D eigenvalue weighted by Gasteiger charge is -1.98. The molecule has 11 heavy (non-hydrogen) atoms. The van der Waals surface area contributed by atoms with Crippen molar-refractivity contribution in [2.75, 3.05) is 0 Å². The summed E-state index contributed by atoms with van der Waals surface area (Å²) < 4.78 is 0. The molecule has 0 saturated heterocycles. The van der Waals surface area contributed by atoms with Crippen LogP contribution < -0.4 is 0 Å². The van der Waals surface area contributed by atoms with Gasteiger partial charge in [0.2, 0.25) is 0 Å². The molecule has 0 radical (unpaired) electrons. The fraction of sp³-hybridized carbons (Fsp3) is 0.200. The Hall–Kier alpha value is -1.33. The van der Waals surface area contributed by atoms with Crippen LogP contribution in [-0.4, -0.2) is 5.94 Å². The van der Waals surface area contributed by atoms with Gasteiger partial charge in [-0.3, -0.25) is 0 Å². The van der Waals surface area contributed by atoms with Gasteiger partial charge in [0.05, 0.1) is 0 Å². The molecule has 0 spiro atoms. The molecule has 0 heterocycles. The van der Waals surface area contributed by atoms with Crippen molar-refractivity contribution in [3.8, 4) is 0 Å². The van der Waals surface area contributed by atoms with Crippen molar-refractivity contribution in [1.82, 2.24) is 0 Å². The second-order valence-corrected chi connectivity index (χ2v) is 2.61. The van der Waals surface area contributed by atoms with Gasteiger partial charge < -0.3 is 0 Å². The van der Waals surface area contributed by atoms with Gasteiger partial charge >= 0.3 is 0 Å². The molecule has 1 aromatic carbocycles. The molecule has 0 aliphatic heterocycles. The van der Waals surface area contributed by atoms with Crippen molar-refractivity contribution in [1.29, 1.82) is 0 Å². The van der Waals surface area contributed by atoms with Gasteiger partial charge in [-0.05, 0) is 30.5 Å². The molecule has 56 valence electrons. The molecular weight excluding hydrogens is 136 g/mol. The van der Waals surface area contributed by atoms with Gasteiger partial charge in [0, 0.05) is 6.08 Å². The van der Waals surface area contributed by atoms with E-state index in [-0.39, 0.29) is 0 Å². The molecule has 0 atom stereocenters. The van der Waals surface area contributed by atoms with Crippen LogP contribution in [0.4, 0.5) is 0 Å². The van der Waals surface area contributed by atoms with E-state index in [0.29, 0.717) is 0 Å². The minimum absolute atomic E-state index is 0.920. The molecule has 1 aromatic rings. The quantitative estimate of drug-likeness (QED) is 0.555. The van der Waals surface area contributed by atoms with Crippen molar-refractivity contribution in [2.45, 2.75) is 13.8 Å². The maximum atomic E-state index is 9.99. The first-order chi connectivity index (χ1) is 5.24. The van der Waals surface area contributed by atoms with Crippen LogP contribution >= 0.6 is 0 Å². The van der Waals surface area contributed by atoms with Gasteiger partial charge in [-0.15, -0.1) is 0 Å². The van der Waals surface area contributed by atoms with E-state index in [4.69, 9.17) is 0 Å². The third kappa shape index (κ3) is 1.79. The predicted octanol–water partition coefficient (Wildman–Crippen LogP) is 2.15. The Balaban J connectivity index is 3.14. The number of aryl methyl sites for hydroxylation is 2. The lowest BCUT2D eigenvalue weighted by atomic mass is 10.1. The van der Waals surface area contributed by atoms with Gasteiger partial charge in [0.15, 0.2) is 0 Å². The fourth-order valence-corrected chi connectivity index (χ4v) is 0.922. The summed E-state index contributed by atoms with van der Waals surface area (Å²) in [7, 11) is 0. The minimum Gasteiger partial charge on any atom is -0.233 e. The summed E-state index contributed by atoms with van der Waals surface area (Å²) in [5.41, 5.74) is 3.37. The van der Waals surface area contributed by atoms with E-state index in [1.54, 1.807) is 5.94 Å². The largest absolute Gasteiger partial charge is 0.233 e. The fourth-order valence-electron chi connectivity index (χ4n) is 0.922. The molecule has 1 nitrogen and oxygen atoms in total. The summed E-state index contributed by atoms with van der Waals surface area (Å²) in [6, 6.07) is 5.88. The van der Waals surface area contributed by atoms with Crippen molar-refractivity contribution < 1.29 is 4.79 Å². The Kier molecular flexibility index (Phi) is 2.25. The highest BCUT2D eigenvalue weighted by Crippen LogP contribution is 2.09. The predicted molar refractivity (Wildman–Crippen MR) is 46.1 cm³/mol. The molecule has 0 amide bonds. The minimum atomic E-state index is 0.920. The van der Waals surface area contributed by atoms with Gasteiger partial charge in [-0.2, -0.15) is 0 Å². The van der Waals surface area contributed by atoms with E-state index < -0.39 is 0 Å². The lowest BCUT2D eigenvalue weighted by molar-refractivity contribution is 0.570. The summed E-state index contributed by atoms with van der Waals surface area (Å²) in [4.78, 5) is 9.99. The normalized spacial score (nSPS) is 8.91. The van der Waals surface area contributed by atoms with Crippen LogP contribution in [0, 0.1) is 13.8 Å². The molecule has 1 heteroatoms. The van der Waals surface area contributed by atoms with Crippen LogP contribution in [0.2, 0.25) is 0 Å². The first-order valence-electron chi connectivity index (χ1n) is 3.52. The molecule has 0 aliphatic carbocycles. The van der Waals surface area contributed by atoms with E-state index in [9.17, 15) is 4.79 Å². The van der Waals surface area contributed by atoms with Crippen molar-refractivity contribution in [3.05, 3.63) is 34.9 Å². The number of carbonyl (C=O) groups excluding carboxylic acids is 1. The monoisotopic (exact) mass is 146 g/mol. The van der Waals surface area contributed by atoms with Crippen molar-refractivity contribution >= 4 is 12.0 Å². The molecule has 0 aromatic heterocycles. The number of hydrogen-bond donors (Lipinski definition) is 0. The molecular formula is C10H10O. The van der Waals surface area contributed by atoms with E-state index >= 15 is 0 Å². The number of benzene rings is 1. The molecule has 1 rings (SSSR count). The maximum Gasteiger partial charge on any atom is 0.125 e. The lowest BCUT2D eigenvalue weighted by Crippen LogP contribution is -1.80.